The van der Waals surface area contributed by atoms with Crippen LogP contribution in [0.1, 0.15) is 43.4 Å². The van der Waals surface area contributed by atoms with Gasteiger partial charge in [0, 0.05) is 0 Å². The molecule has 1 aliphatic rings. The van der Waals surface area contributed by atoms with Crippen molar-refractivity contribution in [2.45, 2.75) is 57.0 Å². The largest absolute Gasteiger partial charge is 0.493 e. The first kappa shape index (κ1) is 26.3. The van der Waals surface area contributed by atoms with Crippen molar-refractivity contribution in [3.8, 4) is 5.75 Å². The molecule has 0 aliphatic carbocycles. The average molecular weight is 491 g/mol. The molecule has 0 aromatic heterocycles. The molecular formula is C24H27F6NO3. The maximum atomic E-state index is 13.7. The van der Waals surface area contributed by atoms with Crippen molar-refractivity contribution < 1.29 is 40.6 Å². The minimum Gasteiger partial charge on any atom is -0.493 e. The van der Waals surface area contributed by atoms with Gasteiger partial charge in [-0.1, -0.05) is 12.1 Å². The molecule has 1 fully saturated rings. The van der Waals surface area contributed by atoms with Gasteiger partial charge in [-0.05, 0) is 68.9 Å². The van der Waals surface area contributed by atoms with Gasteiger partial charge in [-0.3, -0.25) is 0 Å². The van der Waals surface area contributed by atoms with E-state index in [2.05, 4.69) is 0 Å². The van der Waals surface area contributed by atoms with Gasteiger partial charge in [0.25, 0.3) is 0 Å². The number of aryl methyl sites for hydroxylation is 2. The lowest BCUT2D eigenvalue weighted by atomic mass is 9.92. The van der Waals surface area contributed by atoms with E-state index in [0.717, 1.165) is 18.2 Å². The predicted molar refractivity (Wildman–Crippen MR) is 113 cm³/mol. The number of halogens is 6. The van der Waals surface area contributed by atoms with E-state index >= 15 is 0 Å². The molecule has 0 radical (unpaired) electrons. The molecule has 0 bridgehead atoms. The molecule has 0 unspecified atom stereocenters. The Morgan fingerprint density at radius 2 is 1.65 bits per heavy atom. The average Bonchev–Trinajstić information content (AvgIpc) is 2.77. The number of nitrogens with two attached hydrogens (primary N) is 1. The van der Waals surface area contributed by atoms with Gasteiger partial charge in [-0.2, -0.15) is 13.2 Å². The Morgan fingerprint density at radius 1 is 0.971 bits per heavy atom. The summed E-state index contributed by atoms with van der Waals surface area (Å²) < 4.78 is 97.3. The molecule has 2 N–H and O–H groups in total. The Labute approximate surface area is 194 Å². The third-order valence-corrected chi connectivity index (χ3v) is 5.64. The molecule has 4 nitrogen and oxygen atoms in total. The Balaban J connectivity index is 1.61. The topological polar surface area (TPSA) is 53.7 Å². The number of ether oxygens (including phenoxy) is 3. The standard InChI is InChI=1S/C24H27F6NO3/c1-22(2)33-13-23(31,14-34-22)10-9-15-5-8-19(17(12-15)24(28,29)30)32-11-3-4-16-6-7-18(25)21(27)20(16)26/h5-8,12H,3-4,9-11,13-14,31H2,1-2H3. The molecule has 0 amide bonds. The van der Waals surface area contributed by atoms with Gasteiger partial charge in [0.15, 0.2) is 23.2 Å². The van der Waals surface area contributed by atoms with E-state index in [1.807, 2.05) is 0 Å². The van der Waals surface area contributed by atoms with Crippen molar-refractivity contribution in [1.82, 2.24) is 0 Å². The Bertz CT molecular complexity index is 999. The van der Waals surface area contributed by atoms with Gasteiger partial charge >= 0.3 is 6.18 Å². The van der Waals surface area contributed by atoms with Crippen LogP contribution in [0.4, 0.5) is 26.3 Å². The molecule has 0 saturated carbocycles. The molecular weight excluding hydrogens is 464 g/mol. The number of benzene rings is 2. The maximum absolute atomic E-state index is 13.7. The fourth-order valence-corrected chi connectivity index (χ4v) is 3.54. The number of hydrogen-bond acceptors (Lipinski definition) is 4. The van der Waals surface area contributed by atoms with Crippen LogP contribution >= 0.6 is 0 Å². The van der Waals surface area contributed by atoms with Gasteiger partial charge in [0.05, 0.1) is 30.9 Å². The minimum atomic E-state index is -4.65. The third kappa shape index (κ3) is 6.64. The van der Waals surface area contributed by atoms with Gasteiger partial charge in [0.2, 0.25) is 0 Å². The number of hydrogen-bond donors (Lipinski definition) is 1. The second-order valence-corrected chi connectivity index (χ2v) is 8.95. The van der Waals surface area contributed by atoms with E-state index in [1.54, 1.807) is 13.8 Å². The minimum absolute atomic E-state index is 0.0258. The third-order valence-electron chi connectivity index (χ3n) is 5.64. The second kappa shape index (κ2) is 10.1. The monoisotopic (exact) mass is 491 g/mol. The lowest BCUT2D eigenvalue weighted by Crippen LogP contribution is -2.57. The molecule has 0 atom stereocenters. The zero-order valence-corrected chi connectivity index (χ0v) is 18.9. The van der Waals surface area contributed by atoms with Crippen LogP contribution in [0.25, 0.3) is 0 Å². The number of rotatable bonds is 8. The predicted octanol–water partition coefficient (Wildman–Crippen LogP) is 5.55. The zero-order valence-electron chi connectivity index (χ0n) is 18.9. The quantitative estimate of drug-likeness (QED) is 0.299. The molecule has 0 spiro atoms. The Morgan fingerprint density at radius 3 is 2.29 bits per heavy atom. The molecule has 2 aromatic carbocycles. The first-order chi connectivity index (χ1) is 15.8. The van der Waals surface area contributed by atoms with E-state index < -0.39 is 40.5 Å². The van der Waals surface area contributed by atoms with Crippen LogP contribution < -0.4 is 10.5 Å². The van der Waals surface area contributed by atoms with Gasteiger partial charge in [0.1, 0.15) is 5.75 Å². The summed E-state index contributed by atoms with van der Waals surface area (Å²) in [7, 11) is 0. The summed E-state index contributed by atoms with van der Waals surface area (Å²) in [5, 5.41) is 0. The Hall–Kier alpha value is -2.30. The molecule has 2 aromatic rings. The first-order valence-corrected chi connectivity index (χ1v) is 10.8. The van der Waals surface area contributed by atoms with Crippen LogP contribution in [-0.2, 0) is 28.5 Å². The fraction of sp³-hybridized carbons (Fsp3) is 0.500. The summed E-state index contributed by atoms with van der Waals surface area (Å²) >= 11 is 0. The zero-order chi connectivity index (χ0) is 25.1. The van der Waals surface area contributed by atoms with Crippen molar-refractivity contribution >= 4 is 0 Å². The van der Waals surface area contributed by atoms with Crippen LogP contribution in [0, 0.1) is 17.5 Å². The summed E-state index contributed by atoms with van der Waals surface area (Å²) in [5.74, 6) is -5.31. The molecule has 3 rings (SSSR count). The van der Waals surface area contributed by atoms with E-state index in [0.29, 0.717) is 12.0 Å². The van der Waals surface area contributed by atoms with Crippen LogP contribution in [0.5, 0.6) is 5.75 Å². The molecule has 188 valence electrons. The summed E-state index contributed by atoms with van der Waals surface area (Å²) in [6.07, 6.45) is -3.93. The second-order valence-electron chi connectivity index (χ2n) is 8.95. The lowest BCUT2D eigenvalue weighted by Gasteiger charge is -2.41. The Kier molecular flexibility index (Phi) is 7.84. The van der Waals surface area contributed by atoms with Crippen LogP contribution in [0.2, 0.25) is 0 Å². The molecule has 1 heterocycles. The highest BCUT2D eigenvalue weighted by atomic mass is 19.4. The van der Waals surface area contributed by atoms with Crippen molar-refractivity contribution in [1.29, 1.82) is 0 Å². The van der Waals surface area contributed by atoms with Gasteiger partial charge < -0.3 is 19.9 Å². The van der Waals surface area contributed by atoms with Crippen molar-refractivity contribution in [3.63, 3.8) is 0 Å². The van der Waals surface area contributed by atoms with Crippen LogP contribution in [0.3, 0.4) is 0 Å². The molecule has 34 heavy (non-hydrogen) atoms. The summed E-state index contributed by atoms with van der Waals surface area (Å²) in [6, 6.07) is 5.67. The van der Waals surface area contributed by atoms with E-state index in [4.69, 9.17) is 19.9 Å². The van der Waals surface area contributed by atoms with E-state index in [9.17, 15) is 26.3 Å². The summed E-state index contributed by atoms with van der Waals surface area (Å²) in [4.78, 5) is 0. The normalized spacial score (nSPS) is 17.6. The van der Waals surface area contributed by atoms with E-state index in [-0.39, 0.29) is 50.4 Å². The highest BCUT2D eigenvalue weighted by molar-refractivity contribution is 5.39. The van der Waals surface area contributed by atoms with E-state index in [1.165, 1.54) is 12.1 Å². The maximum Gasteiger partial charge on any atom is 0.419 e. The highest BCUT2D eigenvalue weighted by Gasteiger charge is 2.38. The van der Waals surface area contributed by atoms with Crippen LogP contribution in [-0.4, -0.2) is 31.1 Å². The summed E-state index contributed by atoms with van der Waals surface area (Å²) in [5.41, 5.74) is 4.88. The van der Waals surface area contributed by atoms with Gasteiger partial charge in [-0.15, -0.1) is 0 Å². The fourth-order valence-electron chi connectivity index (χ4n) is 3.54. The molecule has 10 heteroatoms. The first-order valence-electron chi connectivity index (χ1n) is 10.8. The molecule has 1 aliphatic heterocycles. The summed E-state index contributed by atoms with van der Waals surface area (Å²) in [6.45, 7) is 3.81. The van der Waals surface area contributed by atoms with Crippen LogP contribution in [0.15, 0.2) is 30.3 Å². The van der Waals surface area contributed by atoms with Crippen molar-refractivity contribution in [3.05, 3.63) is 64.5 Å². The lowest BCUT2D eigenvalue weighted by molar-refractivity contribution is -0.267. The SMILES string of the molecule is CC1(C)OCC(N)(CCc2ccc(OCCCc3ccc(F)c(F)c3F)c(C(F)(F)F)c2)CO1. The highest BCUT2D eigenvalue weighted by Crippen LogP contribution is 2.37. The smallest absolute Gasteiger partial charge is 0.419 e. The van der Waals surface area contributed by atoms with Crippen molar-refractivity contribution in [2.75, 3.05) is 19.8 Å². The molecule has 1 saturated heterocycles. The van der Waals surface area contributed by atoms with Gasteiger partial charge in [-0.25, -0.2) is 13.2 Å². The van der Waals surface area contributed by atoms with Crippen molar-refractivity contribution in [2.24, 2.45) is 5.73 Å². The number of alkyl halides is 3.